The fourth-order valence-corrected chi connectivity index (χ4v) is 3.73. The van der Waals surface area contributed by atoms with Crippen LogP contribution in [0.25, 0.3) is 16.7 Å². The highest BCUT2D eigenvalue weighted by molar-refractivity contribution is 7.73. The van der Waals surface area contributed by atoms with Crippen molar-refractivity contribution >= 4 is 29.1 Å². The number of nitrogens with one attached hydrogen (secondary N) is 1. The number of H-pyrrole nitrogens is 1. The second kappa shape index (κ2) is 7.34. The molecule has 0 aliphatic carbocycles. The quantitative estimate of drug-likeness (QED) is 0.327. The van der Waals surface area contributed by atoms with Gasteiger partial charge in [0.1, 0.15) is 0 Å². The molecule has 0 aliphatic rings. The van der Waals surface area contributed by atoms with E-state index in [9.17, 15) is 31.4 Å². The van der Waals surface area contributed by atoms with Crippen molar-refractivity contribution in [3.63, 3.8) is 0 Å². The third kappa shape index (κ3) is 4.54. The van der Waals surface area contributed by atoms with Gasteiger partial charge >= 0.3 is 12.4 Å². The largest absolute Gasteiger partial charge is 0.494 e. The fraction of sp³-hybridized carbons (Fsp3) is 0.105. The Labute approximate surface area is 169 Å². The van der Waals surface area contributed by atoms with E-state index in [1.54, 1.807) is 6.07 Å². The molecule has 29 heavy (non-hydrogen) atoms. The topological polar surface area (TPSA) is 36.0 Å². The minimum atomic E-state index is -4.93. The summed E-state index contributed by atoms with van der Waals surface area (Å²) in [6.45, 7) is 3.84. The molecule has 152 valence electrons. The summed E-state index contributed by atoms with van der Waals surface area (Å²) in [5.41, 5.74) is -2.16. The van der Waals surface area contributed by atoms with E-state index in [1.165, 1.54) is 18.2 Å². The Hall–Kier alpha value is -2.59. The molecule has 0 unspecified atom stereocenters. The van der Waals surface area contributed by atoms with Gasteiger partial charge in [-0.2, -0.15) is 26.3 Å². The lowest BCUT2D eigenvalue weighted by Gasteiger charge is -2.15. The number of alkyl halides is 6. The number of rotatable bonds is 3. The van der Waals surface area contributed by atoms with Crippen LogP contribution in [0.4, 0.5) is 26.3 Å². The average molecular weight is 447 g/mol. The molecule has 0 radical (unpaired) electrons. The van der Waals surface area contributed by atoms with E-state index in [0.717, 1.165) is 11.3 Å². The Morgan fingerprint density at radius 2 is 1.52 bits per heavy atom. The summed E-state index contributed by atoms with van der Waals surface area (Å²) >= 11 is 5.98. The molecule has 0 aliphatic heterocycles. The Balaban J connectivity index is 2.12. The predicted octanol–water partition coefficient (Wildman–Crippen LogP) is 7.28. The van der Waals surface area contributed by atoms with Gasteiger partial charge in [0, 0.05) is 0 Å². The summed E-state index contributed by atoms with van der Waals surface area (Å²) < 4.78 is 78.9. The third-order valence-corrected chi connectivity index (χ3v) is 5.32. The van der Waals surface area contributed by atoms with Crippen LogP contribution in [0, 0.1) is 3.95 Å². The van der Waals surface area contributed by atoms with Gasteiger partial charge in [-0.05, 0) is 58.7 Å². The standard InChI is InChI=1S/C19H11F6NOS2/c1-9(15-16(27)26-17(28)29-15)10-3-2-4-11(5-10)12-6-13(18(20,21)22)8-14(7-12)19(23,24)25/h2-8,27H,1H2,(H,26,28). The highest BCUT2D eigenvalue weighted by Gasteiger charge is 2.37. The average Bonchev–Trinajstić information content (AvgIpc) is 2.97. The lowest BCUT2D eigenvalue weighted by Crippen LogP contribution is -2.11. The second-order valence-corrected chi connectivity index (χ2v) is 7.73. The molecule has 10 heteroatoms. The van der Waals surface area contributed by atoms with Crippen LogP contribution in [0.3, 0.4) is 0 Å². The van der Waals surface area contributed by atoms with Gasteiger partial charge in [-0.25, -0.2) is 0 Å². The number of aromatic nitrogens is 1. The van der Waals surface area contributed by atoms with Gasteiger partial charge in [-0.15, -0.1) is 11.3 Å². The van der Waals surface area contributed by atoms with Crippen molar-refractivity contribution in [2.24, 2.45) is 0 Å². The maximum atomic E-state index is 13.1. The van der Waals surface area contributed by atoms with Gasteiger partial charge in [0.05, 0.1) is 16.0 Å². The van der Waals surface area contributed by atoms with Gasteiger partial charge < -0.3 is 10.1 Å². The summed E-state index contributed by atoms with van der Waals surface area (Å²) in [4.78, 5) is 2.86. The van der Waals surface area contributed by atoms with Crippen LogP contribution in [0.1, 0.15) is 21.6 Å². The van der Waals surface area contributed by atoms with Crippen molar-refractivity contribution in [2.75, 3.05) is 0 Å². The van der Waals surface area contributed by atoms with Crippen LogP contribution in [-0.2, 0) is 12.4 Å². The Morgan fingerprint density at radius 3 is 2.00 bits per heavy atom. The number of aromatic hydroxyl groups is 1. The van der Waals surface area contributed by atoms with Crippen LogP contribution >= 0.6 is 23.6 Å². The molecule has 0 spiro atoms. The van der Waals surface area contributed by atoms with E-state index in [-0.39, 0.29) is 23.1 Å². The van der Waals surface area contributed by atoms with E-state index in [4.69, 9.17) is 12.2 Å². The van der Waals surface area contributed by atoms with Crippen molar-refractivity contribution < 1.29 is 31.4 Å². The molecule has 2 nitrogen and oxygen atoms in total. The molecule has 3 rings (SSSR count). The highest BCUT2D eigenvalue weighted by atomic mass is 32.1. The summed E-state index contributed by atoms with van der Waals surface area (Å²) in [5, 5.41) is 9.88. The summed E-state index contributed by atoms with van der Waals surface area (Å²) in [6, 6.07) is 7.25. The molecule has 0 amide bonds. The van der Waals surface area contributed by atoms with Crippen LogP contribution in [0.5, 0.6) is 5.88 Å². The molecule has 1 heterocycles. The molecule has 0 bridgehead atoms. The molecule has 0 saturated heterocycles. The Kier molecular flexibility index (Phi) is 5.35. The van der Waals surface area contributed by atoms with Crippen LogP contribution in [-0.4, -0.2) is 10.1 Å². The monoisotopic (exact) mass is 447 g/mol. The SMILES string of the molecule is C=C(c1cccc(-c2cc(C(F)(F)F)cc(C(F)(F)F)c2)c1)c1sc(=S)[nH]c1O. The zero-order valence-corrected chi connectivity index (χ0v) is 15.9. The second-order valence-electron chi connectivity index (χ2n) is 6.05. The molecule has 1 aromatic heterocycles. The minimum absolute atomic E-state index is 0.0803. The Bertz CT molecular complexity index is 1110. The number of aromatic amines is 1. The zero-order valence-electron chi connectivity index (χ0n) is 14.3. The predicted molar refractivity (Wildman–Crippen MR) is 101 cm³/mol. The number of hydrogen-bond donors (Lipinski definition) is 2. The lowest BCUT2D eigenvalue weighted by molar-refractivity contribution is -0.143. The smallest absolute Gasteiger partial charge is 0.416 e. The van der Waals surface area contributed by atoms with Crippen LogP contribution in [0.2, 0.25) is 0 Å². The summed E-state index contributed by atoms with van der Waals surface area (Å²) in [6.07, 6.45) is -9.87. The van der Waals surface area contributed by atoms with Crippen molar-refractivity contribution in [1.82, 2.24) is 4.98 Å². The maximum absolute atomic E-state index is 13.1. The first-order chi connectivity index (χ1) is 13.4. The first-order valence-corrected chi connectivity index (χ1v) is 9.10. The van der Waals surface area contributed by atoms with Crippen molar-refractivity contribution in [2.45, 2.75) is 12.4 Å². The lowest BCUT2D eigenvalue weighted by atomic mass is 9.96. The first-order valence-electron chi connectivity index (χ1n) is 7.88. The van der Waals surface area contributed by atoms with Gasteiger partial charge in [0.2, 0.25) is 5.88 Å². The molecule has 2 N–H and O–H groups in total. The normalized spacial score (nSPS) is 12.2. The van der Waals surface area contributed by atoms with Gasteiger partial charge in [-0.3, -0.25) is 0 Å². The zero-order chi connectivity index (χ0) is 21.6. The van der Waals surface area contributed by atoms with E-state index in [2.05, 4.69) is 11.6 Å². The van der Waals surface area contributed by atoms with E-state index in [1.807, 2.05) is 0 Å². The van der Waals surface area contributed by atoms with Gasteiger partial charge in [0.25, 0.3) is 0 Å². The van der Waals surface area contributed by atoms with Crippen molar-refractivity contribution in [3.05, 3.63) is 74.6 Å². The van der Waals surface area contributed by atoms with E-state index in [0.29, 0.717) is 32.1 Å². The number of halogens is 6. The van der Waals surface area contributed by atoms with Crippen molar-refractivity contribution in [3.8, 4) is 17.0 Å². The molecule has 2 aromatic carbocycles. The molecular weight excluding hydrogens is 436 g/mol. The van der Waals surface area contributed by atoms with Gasteiger partial charge in [0.15, 0.2) is 3.95 Å². The number of benzene rings is 2. The van der Waals surface area contributed by atoms with Gasteiger partial charge in [-0.1, -0.05) is 24.8 Å². The van der Waals surface area contributed by atoms with Crippen molar-refractivity contribution in [1.29, 1.82) is 0 Å². The summed E-state index contributed by atoms with van der Waals surface area (Å²) in [5.74, 6) is -0.214. The third-order valence-electron chi connectivity index (χ3n) is 4.04. The molecule has 3 aromatic rings. The van der Waals surface area contributed by atoms with Crippen LogP contribution < -0.4 is 0 Å². The minimum Gasteiger partial charge on any atom is -0.494 e. The maximum Gasteiger partial charge on any atom is 0.416 e. The van der Waals surface area contributed by atoms with E-state index < -0.39 is 23.5 Å². The number of hydrogen-bond acceptors (Lipinski definition) is 3. The molecule has 0 fully saturated rings. The number of thiazole rings is 1. The Morgan fingerprint density at radius 1 is 0.931 bits per heavy atom. The molecule has 0 saturated carbocycles. The first kappa shape index (κ1) is 21.1. The fourth-order valence-electron chi connectivity index (χ4n) is 2.66. The molecule has 0 atom stereocenters. The highest BCUT2D eigenvalue weighted by Crippen LogP contribution is 2.39. The molecular formula is C19H11F6NOS2. The summed E-state index contributed by atoms with van der Waals surface area (Å²) in [7, 11) is 0. The van der Waals surface area contributed by atoms with Crippen LogP contribution in [0.15, 0.2) is 49.0 Å². The van der Waals surface area contributed by atoms with E-state index >= 15 is 0 Å².